The van der Waals surface area contributed by atoms with Gasteiger partial charge < -0.3 is 4.74 Å². The molecule has 0 radical (unpaired) electrons. The maximum Gasteiger partial charge on any atom is 0.123 e. The number of methoxy groups -OCH3 is 1. The molecule has 1 heterocycles. The normalized spacial score (nSPS) is 10.8. The first-order chi connectivity index (χ1) is 6.76. The number of thiophene rings is 1. The summed E-state index contributed by atoms with van der Waals surface area (Å²) < 4.78 is 6.67. The molecule has 0 amide bonds. The Labute approximate surface area is 95.8 Å². The van der Waals surface area contributed by atoms with Crippen molar-refractivity contribution in [1.29, 1.82) is 0 Å². The van der Waals surface area contributed by atoms with Crippen molar-refractivity contribution in [2.24, 2.45) is 0 Å². The summed E-state index contributed by atoms with van der Waals surface area (Å²) in [6, 6.07) is 4.32. The van der Waals surface area contributed by atoms with E-state index in [9.17, 15) is 0 Å². The Hall–Kier alpha value is -0.540. The van der Waals surface area contributed by atoms with Gasteiger partial charge in [0.2, 0.25) is 0 Å². The van der Waals surface area contributed by atoms with Gasteiger partial charge in [0, 0.05) is 15.6 Å². The summed E-state index contributed by atoms with van der Waals surface area (Å²) in [6.07, 6.45) is 0. The summed E-state index contributed by atoms with van der Waals surface area (Å²) >= 11 is 5.25. The van der Waals surface area contributed by atoms with Gasteiger partial charge in [-0.05, 0) is 35.4 Å². The second kappa shape index (κ2) is 3.91. The van der Waals surface area contributed by atoms with Gasteiger partial charge in [-0.25, -0.2) is 0 Å². The molecule has 2 rings (SSSR count). The topological polar surface area (TPSA) is 9.23 Å². The summed E-state index contributed by atoms with van der Waals surface area (Å²) in [4.78, 5) is 0. The third-order valence-electron chi connectivity index (χ3n) is 2.31. The fourth-order valence-electron chi connectivity index (χ4n) is 1.52. The molecule has 0 spiro atoms. The Morgan fingerprint density at radius 2 is 2.21 bits per heavy atom. The van der Waals surface area contributed by atoms with Crippen LogP contribution in [0, 0.1) is 6.92 Å². The predicted molar refractivity (Wildman–Crippen MR) is 65.7 cm³/mol. The molecule has 0 saturated heterocycles. The largest absolute Gasteiger partial charge is 0.496 e. The van der Waals surface area contributed by atoms with E-state index in [0.717, 1.165) is 11.1 Å². The lowest BCUT2D eigenvalue weighted by molar-refractivity contribution is 0.412. The van der Waals surface area contributed by atoms with Gasteiger partial charge in [0.1, 0.15) is 5.75 Å². The highest BCUT2D eigenvalue weighted by molar-refractivity contribution is 9.08. The highest BCUT2D eigenvalue weighted by Gasteiger charge is 2.07. The summed E-state index contributed by atoms with van der Waals surface area (Å²) in [5.74, 6) is 0.968. The number of benzene rings is 1. The number of halogens is 1. The van der Waals surface area contributed by atoms with Crippen LogP contribution in [0.5, 0.6) is 5.75 Å². The second-order valence-electron chi connectivity index (χ2n) is 3.21. The van der Waals surface area contributed by atoms with Crippen LogP contribution < -0.4 is 4.74 Å². The van der Waals surface area contributed by atoms with Gasteiger partial charge in [-0.15, -0.1) is 11.3 Å². The Kier molecular flexibility index (Phi) is 2.79. The molecule has 0 fully saturated rings. The van der Waals surface area contributed by atoms with Crippen molar-refractivity contribution in [3.05, 3.63) is 28.6 Å². The molecule has 0 bridgehead atoms. The monoisotopic (exact) mass is 270 g/mol. The lowest BCUT2D eigenvalue weighted by Gasteiger charge is -2.06. The first-order valence-electron chi connectivity index (χ1n) is 4.37. The standard InChI is InChI=1S/C11H11BrOS/c1-7-6-14-11-3-8(5-12)10(13-2)4-9(7)11/h3-4,6H,5H2,1-2H3. The van der Waals surface area contributed by atoms with Gasteiger partial charge in [-0.1, -0.05) is 15.9 Å². The van der Waals surface area contributed by atoms with Gasteiger partial charge in [0.25, 0.3) is 0 Å². The molecule has 0 N–H and O–H groups in total. The highest BCUT2D eigenvalue weighted by Crippen LogP contribution is 2.32. The van der Waals surface area contributed by atoms with Gasteiger partial charge in [0.05, 0.1) is 7.11 Å². The molecule has 0 aliphatic heterocycles. The predicted octanol–water partition coefficient (Wildman–Crippen LogP) is 4.11. The van der Waals surface area contributed by atoms with Crippen molar-refractivity contribution in [3.63, 3.8) is 0 Å². The van der Waals surface area contributed by atoms with Gasteiger partial charge >= 0.3 is 0 Å². The van der Waals surface area contributed by atoms with Crippen molar-refractivity contribution in [3.8, 4) is 5.75 Å². The van der Waals surface area contributed by atoms with Crippen LogP contribution in [0.2, 0.25) is 0 Å². The Morgan fingerprint density at radius 3 is 2.86 bits per heavy atom. The van der Waals surface area contributed by atoms with Crippen LogP contribution in [0.1, 0.15) is 11.1 Å². The van der Waals surface area contributed by atoms with Crippen molar-refractivity contribution < 1.29 is 4.74 Å². The van der Waals surface area contributed by atoms with E-state index in [4.69, 9.17) is 4.74 Å². The van der Waals surface area contributed by atoms with E-state index >= 15 is 0 Å². The fourth-order valence-corrected chi connectivity index (χ4v) is 2.94. The first kappa shape index (κ1) is 9.99. The highest BCUT2D eigenvalue weighted by atomic mass is 79.9. The first-order valence-corrected chi connectivity index (χ1v) is 6.37. The smallest absolute Gasteiger partial charge is 0.123 e. The molecule has 2 aromatic rings. The average Bonchev–Trinajstić information content (AvgIpc) is 2.58. The third kappa shape index (κ3) is 1.55. The molecule has 74 valence electrons. The zero-order valence-corrected chi connectivity index (χ0v) is 10.5. The fraction of sp³-hybridized carbons (Fsp3) is 0.273. The van der Waals surface area contributed by atoms with Crippen molar-refractivity contribution in [1.82, 2.24) is 0 Å². The summed E-state index contributed by atoms with van der Waals surface area (Å²) in [7, 11) is 1.72. The Bertz CT molecular complexity index is 462. The van der Waals surface area contributed by atoms with Crippen molar-refractivity contribution in [2.45, 2.75) is 12.3 Å². The number of hydrogen-bond acceptors (Lipinski definition) is 2. The van der Waals surface area contributed by atoms with E-state index in [1.165, 1.54) is 21.2 Å². The van der Waals surface area contributed by atoms with Gasteiger partial charge in [0.15, 0.2) is 0 Å². The molecule has 1 aromatic carbocycles. The van der Waals surface area contributed by atoms with Gasteiger partial charge in [-0.3, -0.25) is 0 Å². The maximum absolute atomic E-state index is 5.34. The van der Waals surface area contributed by atoms with Crippen LogP contribution in [-0.2, 0) is 5.33 Å². The number of rotatable bonds is 2. The van der Waals surface area contributed by atoms with E-state index in [1.807, 2.05) is 0 Å². The van der Waals surface area contributed by atoms with Crippen LogP contribution >= 0.6 is 27.3 Å². The molecule has 0 aliphatic carbocycles. The second-order valence-corrected chi connectivity index (χ2v) is 4.68. The number of ether oxygens (including phenoxy) is 1. The molecule has 0 atom stereocenters. The SMILES string of the molecule is COc1cc2c(C)csc2cc1CBr. The summed E-state index contributed by atoms with van der Waals surface area (Å²) in [6.45, 7) is 2.13. The zero-order chi connectivity index (χ0) is 10.1. The van der Waals surface area contributed by atoms with Crippen LogP contribution in [0.3, 0.4) is 0 Å². The van der Waals surface area contributed by atoms with Crippen molar-refractivity contribution >= 4 is 37.4 Å². The molecule has 1 aromatic heterocycles. The Morgan fingerprint density at radius 1 is 1.43 bits per heavy atom. The van der Waals surface area contributed by atoms with Crippen LogP contribution in [-0.4, -0.2) is 7.11 Å². The summed E-state index contributed by atoms with van der Waals surface area (Å²) in [5.41, 5.74) is 2.53. The molecule has 0 aliphatic rings. The Balaban J connectivity index is 2.71. The minimum atomic E-state index is 0.836. The zero-order valence-electron chi connectivity index (χ0n) is 8.13. The molecule has 0 unspecified atom stereocenters. The lowest BCUT2D eigenvalue weighted by atomic mass is 10.1. The molecule has 3 heteroatoms. The van der Waals surface area contributed by atoms with Gasteiger partial charge in [-0.2, -0.15) is 0 Å². The number of alkyl halides is 1. The number of fused-ring (bicyclic) bond motifs is 1. The minimum absolute atomic E-state index is 0.836. The molecular weight excluding hydrogens is 260 g/mol. The van der Waals surface area contributed by atoms with Crippen LogP contribution in [0.25, 0.3) is 10.1 Å². The lowest BCUT2D eigenvalue weighted by Crippen LogP contribution is -1.88. The van der Waals surface area contributed by atoms with E-state index in [1.54, 1.807) is 18.4 Å². The quantitative estimate of drug-likeness (QED) is 0.747. The van der Waals surface area contributed by atoms with Crippen LogP contribution in [0.15, 0.2) is 17.5 Å². The minimum Gasteiger partial charge on any atom is -0.496 e. The molecule has 1 nitrogen and oxygen atoms in total. The maximum atomic E-state index is 5.34. The van der Waals surface area contributed by atoms with Crippen molar-refractivity contribution in [2.75, 3.05) is 7.11 Å². The third-order valence-corrected chi connectivity index (χ3v) is 3.98. The number of aryl methyl sites for hydroxylation is 1. The van der Waals surface area contributed by atoms with Crippen LogP contribution in [0.4, 0.5) is 0 Å². The van der Waals surface area contributed by atoms with E-state index in [2.05, 4.69) is 40.4 Å². The molecule has 14 heavy (non-hydrogen) atoms. The molecular formula is C11H11BrOS. The summed E-state index contributed by atoms with van der Waals surface area (Å²) in [5, 5.41) is 4.32. The molecule has 0 saturated carbocycles. The average molecular weight is 271 g/mol. The number of hydrogen-bond donors (Lipinski definition) is 0. The van der Waals surface area contributed by atoms with E-state index in [0.29, 0.717) is 0 Å². The van der Waals surface area contributed by atoms with E-state index < -0.39 is 0 Å². The van der Waals surface area contributed by atoms with E-state index in [-0.39, 0.29) is 0 Å².